The van der Waals surface area contributed by atoms with E-state index in [-0.39, 0.29) is 5.54 Å². The van der Waals surface area contributed by atoms with Gasteiger partial charge in [-0.25, -0.2) is 0 Å². The molecule has 0 unspecified atom stereocenters. The Hall–Kier alpha value is -0.0800. The van der Waals surface area contributed by atoms with Crippen LogP contribution in [0.1, 0.15) is 47.0 Å². The molecule has 0 heterocycles. The quantitative estimate of drug-likeness (QED) is 0.733. The van der Waals surface area contributed by atoms with Gasteiger partial charge in [0, 0.05) is 25.2 Å². The van der Waals surface area contributed by atoms with Crippen LogP contribution in [-0.2, 0) is 0 Å². The van der Waals surface area contributed by atoms with E-state index in [2.05, 4.69) is 32.6 Å². The zero-order valence-electron chi connectivity index (χ0n) is 10.9. The average Bonchev–Trinajstić information content (AvgIpc) is 1.98. The fraction of sp³-hybridized carbons (Fsp3) is 1.00. The monoisotopic (exact) mass is 212 g/mol. The third kappa shape index (κ3) is 4.52. The first-order valence-corrected chi connectivity index (χ1v) is 6.42. The van der Waals surface area contributed by atoms with Crippen molar-refractivity contribution in [3.05, 3.63) is 0 Å². The van der Waals surface area contributed by atoms with Gasteiger partial charge in [0.15, 0.2) is 0 Å². The van der Waals surface area contributed by atoms with E-state index in [1.54, 1.807) is 0 Å². The zero-order valence-corrected chi connectivity index (χ0v) is 10.9. The lowest BCUT2D eigenvalue weighted by molar-refractivity contribution is 0.124. The molecule has 1 saturated carbocycles. The average molecular weight is 212 g/mol. The molecule has 1 rings (SSSR count). The van der Waals surface area contributed by atoms with E-state index in [1.807, 2.05) is 0 Å². The zero-order chi connectivity index (χ0) is 11.5. The number of hydrogen-bond donors (Lipinski definition) is 1. The second kappa shape index (κ2) is 5.31. The molecule has 0 aromatic carbocycles. The highest BCUT2D eigenvalue weighted by Gasteiger charge is 2.34. The van der Waals surface area contributed by atoms with Crippen molar-refractivity contribution in [2.45, 2.75) is 52.5 Å². The molecule has 0 saturated heterocycles. The Morgan fingerprint density at radius 1 is 1.07 bits per heavy atom. The molecule has 0 radical (unpaired) electrons. The number of hydrogen-bond acceptors (Lipinski definition) is 2. The van der Waals surface area contributed by atoms with Crippen LogP contribution in [0.15, 0.2) is 0 Å². The summed E-state index contributed by atoms with van der Waals surface area (Å²) in [7, 11) is 0. The molecule has 1 fully saturated rings. The molecule has 90 valence electrons. The molecule has 2 N–H and O–H groups in total. The summed E-state index contributed by atoms with van der Waals surface area (Å²) in [4.78, 5) is 2.56. The molecule has 0 aromatic rings. The summed E-state index contributed by atoms with van der Waals surface area (Å²) in [6.45, 7) is 12.6. The highest BCUT2D eigenvalue weighted by molar-refractivity contribution is 4.95. The van der Waals surface area contributed by atoms with Gasteiger partial charge in [-0.05, 0) is 31.1 Å². The standard InChI is InChI=1S/C13H28N2/c1-11(2)8-15(9-12(3)4)10-13(14)6-5-7-13/h11-12H,5-10,14H2,1-4H3. The molecule has 0 aliphatic heterocycles. The lowest BCUT2D eigenvalue weighted by atomic mass is 9.77. The third-order valence-electron chi connectivity index (χ3n) is 3.13. The van der Waals surface area contributed by atoms with Crippen LogP contribution in [-0.4, -0.2) is 30.1 Å². The smallest absolute Gasteiger partial charge is 0.0283 e. The van der Waals surface area contributed by atoms with Gasteiger partial charge in [0.2, 0.25) is 0 Å². The number of rotatable bonds is 6. The van der Waals surface area contributed by atoms with E-state index in [0.29, 0.717) is 0 Å². The first-order valence-electron chi connectivity index (χ1n) is 6.42. The molecule has 2 heteroatoms. The van der Waals surface area contributed by atoms with Crippen molar-refractivity contribution in [3.63, 3.8) is 0 Å². The van der Waals surface area contributed by atoms with Gasteiger partial charge < -0.3 is 10.6 Å². The molecule has 0 bridgehead atoms. The molecule has 1 aliphatic carbocycles. The summed E-state index contributed by atoms with van der Waals surface area (Å²) in [5.41, 5.74) is 6.46. The lowest BCUT2D eigenvalue weighted by Crippen LogP contribution is -2.56. The summed E-state index contributed by atoms with van der Waals surface area (Å²) in [5, 5.41) is 0. The number of nitrogens with two attached hydrogens (primary N) is 1. The van der Waals surface area contributed by atoms with Crippen molar-refractivity contribution in [1.29, 1.82) is 0 Å². The van der Waals surface area contributed by atoms with Crippen LogP contribution >= 0.6 is 0 Å². The molecule has 0 amide bonds. The highest BCUT2D eigenvalue weighted by Crippen LogP contribution is 2.30. The third-order valence-corrected chi connectivity index (χ3v) is 3.13. The molecule has 0 aromatic heterocycles. The van der Waals surface area contributed by atoms with E-state index < -0.39 is 0 Å². The first kappa shape index (κ1) is 13.0. The first-order chi connectivity index (χ1) is 6.91. The Morgan fingerprint density at radius 3 is 1.80 bits per heavy atom. The van der Waals surface area contributed by atoms with Crippen LogP contribution in [0.5, 0.6) is 0 Å². The van der Waals surface area contributed by atoms with Crippen LogP contribution in [0.3, 0.4) is 0 Å². The molecular formula is C13H28N2. The van der Waals surface area contributed by atoms with Crippen LogP contribution in [0.2, 0.25) is 0 Å². The normalized spacial score (nSPS) is 20.0. The Bertz CT molecular complexity index is 173. The van der Waals surface area contributed by atoms with Crippen molar-refractivity contribution in [2.75, 3.05) is 19.6 Å². The predicted molar refractivity (Wildman–Crippen MR) is 66.9 cm³/mol. The second-order valence-electron chi connectivity index (χ2n) is 6.20. The van der Waals surface area contributed by atoms with Gasteiger partial charge in [-0.2, -0.15) is 0 Å². The molecular weight excluding hydrogens is 184 g/mol. The Labute approximate surface area is 95.2 Å². The fourth-order valence-corrected chi connectivity index (χ4v) is 2.47. The van der Waals surface area contributed by atoms with E-state index in [4.69, 9.17) is 5.73 Å². The topological polar surface area (TPSA) is 29.3 Å². The van der Waals surface area contributed by atoms with E-state index in [1.165, 1.54) is 32.4 Å². The van der Waals surface area contributed by atoms with Gasteiger partial charge in [-0.3, -0.25) is 0 Å². The van der Waals surface area contributed by atoms with Gasteiger partial charge in [0.25, 0.3) is 0 Å². The molecule has 0 atom stereocenters. The predicted octanol–water partition coefficient (Wildman–Crippen LogP) is 2.48. The van der Waals surface area contributed by atoms with Gasteiger partial charge in [-0.1, -0.05) is 27.7 Å². The van der Waals surface area contributed by atoms with Crippen LogP contribution in [0.4, 0.5) is 0 Å². The minimum Gasteiger partial charge on any atom is -0.324 e. The largest absolute Gasteiger partial charge is 0.324 e. The van der Waals surface area contributed by atoms with Crippen LogP contribution in [0, 0.1) is 11.8 Å². The maximum atomic E-state index is 6.31. The maximum absolute atomic E-state index is 6.31. The summed E-state index contributed by atoms with van der Waals surface area (Å²) in [6, 6.07) is 0. The van der Waals surface area contributed by atoms with E-state index in [9.17, 15) is 0 Å². The molecule has 2 nitrogen and oxygen atoms in total. The van der Waals surface area contributed by atoms with Gasteiger partial charge in [0.1, 0.15) is 0 Å². The van der Waals surface area contributed by atoms with Crippen molar-refractivity contribution in [2.24, 2.45) is 17.6 Å². The van der Waals surface area contributed by atoms with Gasteiger partial charge in [-0.15, -0.1) is 0 Å². The Balaban J connectivity index is 2.40. The van der Waals surface area contributed by atoms with Crippen LogP contribution < -0.4 is 5.73 Å². The number of nitrogens with zero attached hydrogens (tertiary/aromatic N) is 1. The summed E-state index contributed by atoms with van der Waals surface area (Å²) in [6.07, 6.45) is 3.77. The van der Waals surface area contributed by atoms with Crippen molar-refractivity contribution in [3.8, 4) is 0 Å². The van der Waals surface area contributed by atoms with E-state index in [0.717, 1.165) is 18.4 Å². The SMILES string of the molecule is CC(C)CN(CC(C)C)CC1(N)CCC1. The summed E-state index contributed by atoms with van der Waals surface area (Å²) < 4.78 is 0. The second-order valence-corrected chi connectivity index (χ2v) is 6.20. The van der Waals surface area contributed by atoms with Crippen molar-refractivity contribution >= 4 is 0 Å². The Morgan fingerprint density at radius 2 is 1.53 bits per heavy atom. The van der Waals surface area contributed by atoms with E-state index >= 15 is 0 Å². The van der Waals surface area contributed by atoms with Gasteiger partial charge in [0.05, 0.1) is 0 Å². The molecule has 0 spiro atoms. The summed E-state index contributed by atoms with van der Waals surface area (Å²) >= 11 is 0. The summed E-state index contributed by atoms with van der Waals surface area (Å²) in [5.74, 6) is 1.49. The Kier molecular flexibility index (Phi) is 4.60. The maximum Gasteiger partial charge on any atom is 0.0283 e. The minimum atomic E-state index is 0.143. The van der Waals surface area contributed by atoms with Crippen LogP contribution in [0.25, 0.3) is 0 Å². The fourth-order valence-electron chi connectivity index (χ4n) is 2.47. The lowest BCUT2D eigenvalue weighted by Gasteiger charge is -2.43. The van der Waals surface area contributed by atoms with Gasteiger partial charge >= 0.3 is 0 Å². The molecule has 15 heavy (non-hydrogen) atoms. The highest BCUT2D eigenvalue weighted by atomic mass is 15.2. The minimum absolute atomic E-state index is 0.143. The molecule has 1 aliphatic rings. The van der Waals surface area contributed by atoms with Crippen molar-refractivity contribution < 1.29 is 0 Å². The van der Waals surface area contributed by atoms with Crippen molar-refractivity contribution in [1.82, 2.24) is 4.90 Å².